The molecule has 0 atom stereocenters. The first-order valence-electron chi connectivity index (χ1n) is 10.5. The molecule has 3 rings (SSSR count). The van der Waals surface area contributed by atoms with Gasteiger partial charge in [0.25, 0.3) is 5.91 Å². The lowest BCUT2D eigenvalue weighted by Gasteiger charge is -2.28. The van der Waals surface area contributed by atoms with Crippen LogP contribution in [0.15, 0.2) is 48.5 Å². The highest BCUT2D eigenvalue weighted by atomic mass is 32.2. The molecule has 162 valence electrons. The molecule has 0 saturated carbocycles. The van der Waals surface area contributed by atoms with Gasteiger partial charge >= 0.3 is 0 Å². The highest BCUT2D eigenvalue weighted by Crippen LogP contribution is 2.24. The van der Waals surface area contributed by atoms with Gasteiger partial charge in [-0.1, -0.05) is 18.2 Å². The van der Waals surface area contributed by atoms with E-state index in [1.165, 1.54) is 9.87 Å². The molecule has 0 unspecified atom stereocenters. The predicted octanol–water partition coefficient (Wildman–Crippen LogP) is 3.77. The molecule has 2 aromatic carbocycles. The quantitative estimate of drug-likeness (QED) is 0.647. The maximum absolute atomic E-state index is 12.5. The molecule has 0 aliphatic carbocycles. The number of benzene rings is 2. The molecule has 6 nitrogen and oxygen atoms in total. The fraction of sp³-hybridized carbons (Fsp3) is 0.435. The van der Waals surface area contributed by atoms with Crippen LogP contribution in [0.2, 0.25) is 0 Å². The van der Waals surface area contributed by atoms with Crippen LogP contribution in [0.25, 0.3) is 0 Å². The van der Waals surface area contributed by atoms with Crippen LogP contribution in [-0.4, -0.2) is 39.3 Å². The van der Waals surface area contributed by atoms with Crippen molar-refractivity contribution in [3.63, 3.8) is 0 Å². The fourth-order valence-corrected chi connectivity index (χ4v) is 5.12. The van der Waals surface area contributed by atoms with Gasteiger partial charge < -0.3 is 10.1 Å². The molecule has 30 heavy (non-hydrogen) atoms. The van der Waals surface area contributed by atoms with E-state index in [1.807, 2.05) is 38.1 Å². The molecule has 0 spiro atoms. The van der Waals surface area contributed by atoms with E-state index in [0.717, 1.165) is 25.0 Å². The summed E-state index contributed by atoms with van der Waals surface area (Å²) < 4.78 is 31.7. The Morgan fingerprint density at radius 1 is 1.13 bits per heavy atom. The lowest BCUT2D eigenvalue weighted by molar-refractivity contribution is 0.0953. The molecular weight excluding hydrogens is 400 g/mol. The van der Waals surface area contributed by atoms with Gasteiger partial charge in [-0.2, -0.15) is 0 Å². The number of carbonyl (C=O) groups excluding carboxylic acids is 1. The molecule has 1 fully saturated rings. The van der Waals surface area contributed by atoms with Gasteiger partial charge in [-0.3, -0.25) is 9.10 Å². The van der Waals surface area contributed by atoms with Crippen molar-refractivity contribution >= 4 is 21.6 Å². The van der Waals surface area contributed by atoms with Crippen LogP contribution in [0.4, 0.5) is 5.69 Å². The average molecular weight is 431 g/mol. The Kier molecular flexibility index (Phi) is 7.37. The van der Waals surface area contributed by atoms with E-state index >= 15 is 0 Å². The van der Waals surface area contributed by atoms with E-state index in [1.54, 1.807) is 24.3 Å². The van der Waals surface area contributed by atoms with Crippen molar-refractivity contribution in [2.45, 2.75) is 45.6 Å². The summed E-state index contributed by atoms with van der Waals surface area (Å²) >= 11 is 0. The number of nitrogens with zero attached hydrogens (tertiary/aromatic N) is 1. The Balaban J connectivity index is 1.50. The van der Waals surface area contributed by atoms with Crippen LogP contribution >= 0.6 is 0 Å². The molecule has 0 bridgehead atoms. The number of anilines is 1. The third-order valence-corrected chi connectivity index (χ3v) is 6.84. The van der Waals surface area contributed by atoms with E-state index in [2.05, 4.69) is 5.32 Å². The summed E-state index contributed by atoms with van der Waals surface area (Å²) in [6.45, 7) is 5.01. The van der Waals surface area contributed by atoms with Crippen LogP contribution < -0.4 is 14.4 Å². The molecule has 1 aliphatic rings. The Bertz CT molecular complexity index is 955. The number of rotatable bonds is 8. The van der Waals surface area contributed by atoms with Gasteiger partial charge in [0, 0.05) is 18.7 Å². The van der Waals surface area contributed by atoms with Crippen molar-refractivity contribution in [1.82, 2.24) is 5.32 Å². The minimum Gasteiger partial charge on any atom is -0.491 e. The number of carbonyl (C=O) groups is 1. The Morgan fingerprint density at radius 2 is 1.90 bits per heavy atom. The van der Waals surface area contributed by atoms with Crippen molar-refractivity contribution in [2.75, 3.05) is 23.1 Å². The Hall–Kier alpha value is -2.54. The minimum atomic E-state index is -3.29. The van der Waals surface area contributed by atoms with Crippen LogP contribution in [0.3, 0.4) is 0 Å². The monoisotopic (exact) mass is 430 g/mol. The smallest absolute Gasteiger partial charge is 0.251 e. The van der Waals surface area contributed by atoms with Crippen LogP contribution in [0.1, 0.15) is 49.0 Å². The van der Waals surface area contributed by atoms with Crippen LogP contribution in [0.5, 0.6) is 5.75 Å². The molecule has 1 saturated heterocycles. The number of nitrogens with one attached hydrogen (secondary N) is 1. The summed E-state index contributed by atoms with van der Waals surface area (Å²) in [4.78, 5) is 12.5. The van der Waals surface area contributed by atoms with E-state index in [4.69, 9.17) is 4.74 Å². The standard InChI is InChI=1S/C23H30N2O4S/c1-18(2)29-22-12-10-19(11-13-22)7-6-14-24-23(26)20-8-5-9-21(17-20)25-15-3-4-16-30(25,27)28/h5,8-13,17-18H,3-4,6-7,14-16H2,1-2H3,(H,24,26). The molecule has 1 heterocycles. The molecular formula is C23H30N2O4S. The van der Waals surface area contributed by atoms with Crippen molar-refractivity contribution < 1.29 is 17.9 Å². The predicted molar refractivity (Wildman–Crippen MR) is 120 cm³/mol. The number of hydrogen-bond acceptors (Lipinski definition) is 4. The largest absolute Gasteiger partial charge is 0.491 e. The first kappa shape index (κ1) is 22.2. The van der Waals surface area contributed by atoms with Gasteiger partial charge in [-0.15, -0.1) is 0 Å². The lowest BCUT2D eigenvalue weighted by atomic mass is 10.1. The second kappa shape index (κ2) is 9.98. The molecule has 0 radical (unpaired) electrons. The molecule has 0 aromatic heterocycles. The summed E-state index contributed by atoms with van der Waals surface area (Å²) in [5.74, 6) is 0.832. The maximum Gasteiger partial charge on any atom is 0.251 e. The first-order valence-corrected chi connectivity index (χ1v) is 12.1. The van der Waals surface area contributed by atoms with E-state index in [9.17, 15) is 13.2 Å². The van der Waals surface area contributed by atoms with E-state index < -0.39 is 10.0 Å². The summed E-state index contributed by atoms with van der Waals surface area (Å²) in [5.41, 5.74) is 2.23. The van der Waals surface area contributed by atoms with Crippen LogP contribution in [-0.2, 0) is 16.4 Å². The van der Waals surface area contributed by atoms with Crippen molar-refractivity contribution in [2.24, 2.45) is 0 Å². The van der Waals surface area contributed by atoms with Crippen LogP contribution in [0, 0.1) is 0 Å². The van der Waals surface area contributed by atoms with Gasteiger partial charge in [0.2, 0.25) is 10.0 Å². The summed E-state index contributed by atoms with van der Waals surface area (Å²) in [6, 6.07) is 14.9. The molecule has 1 N–H and O–H groups in total. The SMILES string of the molecule is CC(C)Oc1ccc(CCCNC(=O)c2cccc(N3CCCCS3(=O)=O)c2)cc1. The molecule has 1 amide bonds. The second-order valence-corrected chi connectivity index (χ2v) is 9.83. The third-order valence-electron chi connectivity index (χ3n) is 4.97. The fourth-order valence-electron chi connectivity index (χ4n) is 3.48. The second-order valence-electron chi connectivity index (χ2n) is 7.82. The number of aryl methyl sites for hydroxylation is 1. The highest BCUT2D eigenvalue weighted by Gasteiger charge is 2.26. The number of sulfonamides is 1. The maximum atomic E-state index is 12.5. The number of hydrogen-bond donors (Lipinski definition) is 1. The zero-order valence-corrected chi connectivity index (χ0v) is 18.5. The zero-order valence-electron chi connectivity index (χ0n) is 17.6. The topological polar surface area (TPSA) is 75.7 Å². The Morgan fingerprint density at radius 3 is 2.60 bits per heavy atom. The van der Waals surface area contributed by atoms with Gasteiger partial charge in [0.05, 0.1) is 17.5 Å². The zero-order chi connectivity index (χ0) is 21.6. The van der Waals surface area contributed by atoms with Gasteiger partial charge in [0.15, 0.2) is 0 Å². The van der Waals surface area contributed by atoms with Crippen molar-refractivity contribution in [3.8, 4) is 5.75 Å². The molecule has 1 aliphatic heterocycles. The van der Waals surface area contributed by atoms with E-state index in [-0.39, 0.29) is 17.8 Å². The van der Waals surface area contributed by atoms with Gasteiger partial charge in [-0.25, -0.2) is 8.42 Å². The molecule has 2 aromatic rings. The van der Waals surface area contributed by atoms with Crippen molar-refractivity contribution in [1.29, 1.82) is 0 Å². The van der Waals surface area contributed by atoms with E-state index in [0.29, 0.717) is 30.8 Å². The summed E-state index contributed by atoms with van der Waals surface area (Å²) in [6.07, 6.45) is 3.34. The Labute approximate surface area is 179 Å². The number of ether oxygens (including phenoxy) is 1. The lowest BCUT2D eigenvalue weighted by Crippen LogP contribution is -2.38. The van der Waals surface area contributed by atoms with Gasteiger partial charge in [0.1, 0.15) is 5.75 Å². The van der Waals surface area contributed by atoms with Gasteiger partial charge in [-0.05, 0) is 75.4 Å². The molecule has 7 heteroatoms. The highest BCUT2D eigenvalue weighted by molar-refractivity contribution is 7.92. The minimum absolute atomic E-state index is 0.152. The summed E-state index contributed by atoms with van der Waals surface area (Å²) in [5, 5.41) is 2.93. The third kappa shape index (κ3) is 5.98. The number of amides is 1. The van der Waals surface area contributed by atoms with Crippen molar-refractivity contribution in [3.05, 3.63) is 59.7 Å². The first-order chi connectivity index (χ1) is 14.3. The average Bonchev–Trinajstić information content (AvgIpc) is 2.71. The normalized spacial score (nSPS) is 15.8. The summed E-state index contributed by atoms with van der Waals surface area (Å²) in [7, 11) is -3.29.